The number of aryl methyl sites for hydroxylation is 1. The number of imidazole rings is 1. The molecule has 0 saturated carbocycles. The van der Waals surface area contributed by atoms with E-state index in [9.17, 15) is 8.42 Å². The Morgan fingerprint density at radius 3 is 2.50 bits per heavy atom. The smallest absolute Gasteiger partial charge is 0.241 e. The Kier molecular flexibility index (Phi) is 7.17. The molecule has 0 saturated heterocycles. The molecule has 0 bridgehead atoms. The highest BCUT2D eigenvalue weighted by Gasteiger charge is 2.22. The molecule has 0 amide bonds. The Hall–Kier alpha value is -4.32. The lowest BCUT2D eigenvalue weighted by atomic mass is 10.1. The van der Waals surface area contributed by atoms with Gasteiger partial charge in [-0.2, -0.15) is 4.98 Å². The van der Waals surface area contributed by atoms with Crippen LogP contribution in [-0.2, 0) is 16.6 Å². The molecule has 3 N–H and O–H groups in total. The van der Waals surface area contributed by atoms with E-state index in [1.807, 2.05) is 76.5 Å². The molecule has 11 heteroatoms. The maximum Gasteiger partial charge on any atom is 0.241 e. The minimum absolute atomic E-state index is 0.234. The van der Waals surface area contributed by atoms with Crippen LogP contribution in [0.4, 0.5) is 11.6 Å². The Labute approximate surface area is 248 Å². The second-order valence-corrected chi connectivity index (χ2v) is 13.9. The molecule has 4 aromatic heterocycles. The van der Waals surface area contributed by atoms with Crippen molar-refractivity contribution in [3.8, 4) is 21.0 Å². The van der Waals surface area contributed by atoms with E-state index in [1.165, 1.54) is 5.56 Å². The van der Waals surface area contributed by atoms with Gasteiger partial charge in [-0.15, -0.1) is 11.3 Å². The first-order valence-electron chi connectivity index (χ1n) is 13.5. The summed E-state index contributed by atoms with van der Waals surface area (Å²) in [6.07, 6.45) is 5.63. The van der Waals surface area contributed by atoms with Crippen molar-refractivity contribution in [1.82, 2.24) is 29.2 Å². The van der Waals surface area contributed by atoms with Crippen molar-refractivity contribution in [2.75, 3.05) is 5.32 Å². The number of aromatic amines is 1. The molecule has 42 heavy (non-hydrogen) atoms. The number of benzene rings is 2. The lowest BCUT2D eigenvalue weighted by molar-refractivity contribution is 0.491. The quantitative estimate of drug-likeness (QED) is 0.179. The fourth-order valence-corrected chi connectivity index (χ4v) is 7.14. The summed E-state index contributed by atoms with van der Waals surface area (Å²) >= 11 is 1.55. The maximum absolute atomic E-state index is 12.9. The topological polar surface area (TPSA) is 118 Å². The van der Waals surface area contributed by atoms with Gasteiger partial charge in [-0.25, -0.2) is 23.1 Å². The lowest BCUT2D eigenvalue weighted by Crippen LogP contribution is -2.40. The van der Waals surface area contributed by atoms with Gasteiger partial charge in [-0.05, 0) is 81.3 Å². The fraction of sp³-hybridized carbons (Fsp3) is 0.194. The van der Waals surface area contributed by atoms with Crippen LogP contribution in [0.25, 0.3) is 32.0 Å². The zero-order valence-electron chi connectivity index (χ0n) is 23.7. The van der Waals surface area contributed by atoms with Gasteiger partial charge in [0.25, 0.3) is 0 Å². The molecule has 4 heterocycles. The summed E-state index contributed by atoms with van der Waals surface area (Å²) in [5, 5.41) is 4.25. The highest BCUT2D eigenvalue weighted by atomic mass is 32.2. The standard InChI is InChI=1S/C31H31N7O2S2/c1-20-32-16-17-38(20)19-21-8-10-23(11-9-21)34-30-35-28(25-14-15-33-29(25)36-30)27-13-12-26(41-27)22-6-5-7-24(18-22)42(39,40)37-31(2,3)4/h5-18,37H,19H2,1-4H3,(H2,33,34,35,36). The van der Waals surface area contributed by atoms with Gasteiger partial charge in [0.1, 0.15) is 11.5 Å². The third-order valence-electron chi connectivity index (χ3n) is 6.61. The predicted molar refractivity (Wildman–Crippen MR) is 169 cm³/mol. The molecule has 0 aliphatic rings. The number of sulfonamides is 1. The fourth-order valence-electron chi connectivity index (χ4n) is 4.67. The lowest BCUT2D eigenvalue weighted by Gasteiger charge is -2.20. The summed E-state index contributed by atoms with van der Waals surface area (Å²) in [7, 11) is -3.65. The van der Waals surface area contributed by atoms with Gasteiger partial charge < -0.3 is 14.9 Å². The van der Waals surface area contributed by atoms with Gasteiger partial charge >= 0.3 is 0 Å². The first-order valence-corrected chi connectivity index (χ1v) is 15.8. The molecule has 6 rings (SSSR count). The first-order chi connectivity index (χ1) is 20.0. The largest absolute Gasteiger partial charge is 0.346 e. The second kappa shape index (κ2) is 10.8. The zero-order valence-corrected chi connectivity index (χ0v) is 25.3. The number of hydrogen-bond acceptors (Lipinski definition) is 7. The van der Waals surface area contributed by atoms with E-state index in [-0.39, 0.29) is 4.90 Å². The summed E-state index contributed by atoms with van der Waals surface area (Å²) in [5.74, 6) is 1.46. The second-order valence-electron chi connectivity index (χ2n) is 11.1. The molecule has 0 aliphatic heterocycles. The van der Waals surface area contributed by atoms with E-state index in [1.54, 1.807) is 35.7 Å². The van der Waals surface area contributed by atoms with E-state index >= 15 is 0 Å². The summed E-state index contributed by atoms with van der Waals surface area (Å²) in [6.45, 7) is 8.22. The average Bonchev–Trinajstić information content (AvgIpc) is 3.70. The van der Waals surface area contributed by atoms with Gasteiger partial charge in [0.05, 0.1) is 15.5 Å². The first kappa shape index (κ1) is 27.8. The van der Waals surface area contributed by atoms with Crippen LogP contribution in [0.3, 0.4) is 0 Å². The highest BCUT2D eigenvalue weighted by Crippen LogP contribution is 2.37. The number of aromatic nitrogens is 5. The number of thiophene rings is 1. The van der Waals surface area contributed by atoms with Crippen molar-refractivity contribution in [3.63, 3.8) is 0 Å². The third kappa shape index (κ3) is 5.98. The Morgan fingerprint density at radius 2 is 1.76 bits per heavy atom. The van der Waals surface area contributed by atoms with Crippen LogP contribution < -0.4 is 10.0 Å². The van der Waals surface area contributed by atoms with E-state index in [0.29, 0.717) is 5.95 Å². The third-order valence-corrected chi connectivity index (χ3v) is 9.51. The number of nitrogens with one attached hydrogen (secondary N) is 3. The van der Waals surface area contributed by atoms with Gasteiger partial charge in [0.2, 0.25) is 16.0 Å². The van der Waals surface area contributed by atoms with E-state index in [4.69, 9.17) is 4.98 Å². The van der Waals surface area contributed by atoms with Crippen LogP contribution in [0.15, 0.2) is 90.2 Å². The van der Waals surface area contributed by atoms with Crippen molar-refractivity contribution in [2.24, 2.45) is 0 Å². The molecule has 9 nitrogen and oxygen atoms in total. The molecule has 0 atom stereocenters. The molecular formula is C31H31N7O2S2. The number of hydrogen-bond donors (Lipinski definition) is 3. The predicted octanol–water partition coefficient (Wildman–Crippen LogP) is 6.73. The molecule has 0 aliphatic carbocycles. The normalized spacial score (nSPS) is 12.2. The Bertz CT molecular complexity index is 1980. The van der Waals surface area contributed by atoms with E-state index in [2.05, 4.69) is 41.7 Å². The average molecular weight is 598 g/mol. The van der Waals surface area contributed by atoms with Crippen LogP contribution in [0.5, 0.6) is 0 Å². The van der Waals surface area contributed by atoms with Crippen LogP contribution in [0, 0.1) is 6.92 Å². The van der Waals surface area contributed by atoms with Gasteiger partial charge in [0.15, 0.2) is 0 Å². The Balaban J connectivity index is 1.27. The number of fused-ring (bicyclic) bond motifs is 1. The number of anilines is 2. The molecule has 2 aromatic carbocycles. The molecule has 214 valence electrons. The molecule has 0 unspecified atom stereocenters. The molecule has 0 spiro atoms. The summed E-state index contributed by atoms with van der Waals surface area (Å²) in [6, 6.07) is 21.2. The van der Waals surface area contributed by atoms with Gasteiger partial charge in [-0.3, -0.25) is 0 Å². The van der Waals surface area contributed by atoms with Crippen molar-refractivity contribution in [3.05, 3.63) is 96.7 Å². The number of H-pyrrole nitrogens is 1. The van der Waals surface area contributed by atoms with E-state index in [0.717, 1.165) is 50.1 Å². The van der Waals surface area contributed by atoms with Crippen molar-refractivity contribution in [2.45, 2.75) is 44.7 Å². The van der Waals surface area contributed by atoms with Crippen molar-refractivity contribution in [1.29, 1.82) is 0 Å². The van der Waals surface area contributed by atoms with Crippen LogP contribution in [0.1, 0.15) is 32.2 Å². The van der Waals surface area contributed by atoms with Crippen LogP contribution >= 0.6 is 11.3 Å². The molecule has 0 radical (unpaired) electrons. The van der Waals surface area contributed by atoms with Gasteiger partial charge in [-0.1, -0.05) is 24.3 Å². The minimum atomic E-state index is -3.65. The van der Waals surface area contributed by atoms with Crippen molar-refractivity contribution < 1.29 is 8.42 Å². The van der Waals surface area contributed by atoms with Crippen LogP contribution in [-0.4, -0.2) is 38.5 Å². The minimum Gasteiger partial charge on any atom is -0.346 e. The Morgan fingerprint density at radius 1 is 0.976 bits per heavy atom. The number of nitrogens with zero attached hydrogens (tertiary/aromatic N) is 4. The zero-order chi connectivity index (χ0) is 29.5. The van der Waals surface area contributed by atoms with Crippen LogP contribution in [0.2, 0.25) is 0 Å². The molecule has 0 fully saturated rings. The summed E-state index contributed by atoms with van der Waals surface area (Å²) in [4.78, 5) is 19.2. The molecule has 6 aromatic rings. The SMILES string of the molecule is Cc1nccn1Cc1ccc(Nc2nc(-c3ccc(-c4cccc(S(=O)(=O)NC(C)(C)C)c4)s3)c3cc[nH]c3n2)cc1. The van der Waals surface area contributed by atoms with Crippen molar-refractivity contribution >= 4 is 44.0 Å². The van der Waals surface area contributed by atoms with Gasteiger partial charge in [0, 0.05) is 46.6 Å². The number of rotatable bonds is 8. The highest BCUT2D eigenvalue weighted by molar-refractivity contribution is 7.89. The maximum atomic E-state index is 12.9. The summed E-state index contributed by atoms with van der Waals surface area (Å²) < 4.78 is 30.7. The molecular weight excluding hydrogens is 567 g/mol. The summed E-state index contributed by atoms with van der Waals surface area (Å²) in [5.41, 5.74) is 3.82. The monoisotopic (exact) mass is 597 g/mol. The van der Waals surface area contributed by atoms with E-state index < -0.39 is 15.6 Å².